The average Bonchev–Trinajstić information content (AvgIpc) is 2.59. The van der Waals surface area contributed by atoms with Crippen molar-refractivity contribution in [3.63, 3.8) is 0 Å². The minimum atomic E-state index is 0.446. The highest BCUT2D eigenvalue weighted by Gasteiger charge is 2.15. The molecule has 0 aliphatic rings. The van der Waals surface area contributed by atoms with E-state index in [0.29, 0.717) is 12.1 Å². The van der Waals surface area contributed by atoms with Crippen LogP contribution < -0.4 is 0 Å². The summed E-state index contributed by atoms with van der Waals surface area (Å²) in [6.07, 6.45) is 0. The zero-order valence-electron chi connectivity index (χ0n) is 14.2. The lowest BCUT2D eigenvalue weighted by Crippen LogP contribution is -2.33. The second-order valence-corrected chi connectivity index (χ2v) is 6.13. The van der Waals surface area contributed by atoms with Crippen LogP contribution in [0.4, 0.5) is 0 Å². The lowest BCUT2D eigenvalue weighted by molar-refractivity contribution is 0.190. The van der Waals surface area contributed by atoms with E-state index in [-0.39, 0.29) is 0 Å². The topological polar surface area (TPSA) is 6.48 Å². The van der Waals surface area contributed by atoms with E-state index < -0.39 is 0 Å². The van der Waals surface area contributed by atoms with Crippen molar-refractivity contribution in [2.75, 3.05) is 27.2 Å². The zero-order chi connectivity index (χ0) is 15.9. The highest BCUT2D eigenvalue weighted by Crippen LogP contribution is 2.20. The Morgan fingerprint density at radius 2 is 0.955 bits per heavy atom. The first-order valence-electron chi connectivity index (χ1n) is 8.10. The van der Waals surface area contributed by atoms with Crippen molar-refractivity contribution in [2.24, 2.45) is 0 Å². The summed E-state index contributed by atoms with van der Waals surface area (Å²) in [4.78, 5) is 4.84. The first kappa shape index (κ1) is 16.7. The molecule has 0 radical (unpaired) electrons. The normalized spacial score (nSPS) is 14.3. The standard InChI is InChI=1S/C20H28N2/c1-17(19-11-7-5-8-12-19)21(3)15-16-22(4)18(2)20-13-9-6-10-14-20/h5-14,17-18H,15-16H2,1-4H3/t17-,18-/m1/s1. The lowest BCUT2D eigenvalue weighted by atomic mass is 10.1. The minimum absolute atomic E-state index is 0.446. The molecule has 2 heteroatoms. The molecule has 0 unspecified atom stereocenters. The van der Waals surface area contributed by atoms with Crippen LogP contribution in [0.25, 0.3) is 0 Å². The number of hydrogen-bond donors (Lipinski definition) is 0. The highest BCUT2D eigenvalue weighted by atomic mass is 15.2. The number of likely N-dealkylation sites (N-methyl/N-ethyl adjacent to an activating group) is 2. The molecule has 118 valence electrons. The van der Waals surface area contributed by atoms with Crippen LogP contribution in [0.5, 0.6) is 0 Å². The molecule has 0 saturated heterocycles. The van der Waals surface area contributed by atoms with Gasteiger partial charge in [-0.25, -0.2) is 0 Å². The van der Waals surface area contributed by atoms with Crippen molar-refractivity contribution in [1.82, 2.24) is 9.80 Å². The molecule has 0 bridgehead atoms. The van der Waals surface area contributed by atoms with E-state index in [0.717, 1.165) is 13.1 Å². The molecule has 0 N–H and O–H groups in total. The fourth-order valence-electron chi connectivity index (χ4n) is 2.67. The summed E-state index contributed by atoms with van der Waals surface area (Å²) in [5.74, 6) is 0. The van der Waals surface area contributed by atoms with Gasteiger partial charge in [0.25, 0.3) is 0 Å². The molecule has 22 heavy (non-hydrogen) atoms. The van der Waals surface area contributed by atoms with E-state index in [4.69, 9.17) is 0 Å². The maximum Gasteiger partial charge on any atom is 0.0317 e. The minimum Gasteiger partial charge on any atom is -0.298 e. The molecule has 0 aliphatic heterocycles. The molecule has 2 nitrogen and oxygen atoms in total. The fraction of sp³-hybridized carbons (Fsp3) is 0.400. The second kappa shape index (κ2) is 8.11. The molecule has 0 fully saturated rings. The predicted octanol–water partition coefficient (Wildman–Crippen LogP) is 4.37. The van der Waals surface area contributed by atoms with Gasteiger partial charge in [0, 0.05) is 25.2 Å². The summed E-state index contributed by atoms with van der Waals surface area (Å²) >= 11 is 0. The zero-order valence-corrected chi connectivity index (χ0v) is 14.2. The number of benzene rings is 2. The molecule has 0 saturated carbocycles. The van der Waals surface area contributed by atoms with Gasteiger partial charge in [-0.1, -0.05) is 60.7 Å². The van der Waals surface area contributed by atoms with Gasteiger partial charge in [-0.05, 0) is 39.1 Å². The van der Waals surface area contributed by atoms with Gasteiger partial charge in [-0.2, -0.15) is 0 Å². The van der Waals surface area contributed by atoms with Crippen LogP contribution in [0.2, 0.25) is 0 Å². The molecule has 0 amide bonds. The fourth-order valence-corrected chi connectivity index (χ4v) is 2.67. The number of hydrogen-bond acceptors (Lipinski definition) is 2. The molecule has 2 aromatic rings. The lowest BCUT2D eigenvalue weighted by Gasteiger charge is -2.30. The summed E-state index contributed by atoms with van der Waals surface area (Å²) in [7, 11) is 4.41. The Morgan fingerprint density at radius 1 is 0.636 bits per heavy atom. The largest absolute Gasteiger partial charge is 0.298 e. The third kappa shape index (κ3) is 4.43. The van der Waals surface area contributed by atoms with Gasteiger partial charge in [0.05, 0.1) is 0 Å². The summed E-state index contributed by atoms with van der Waals surface area (Å²) in [5.41, 5.74) is 2.76. The van der Waals surface area contributed by atoms with E-state index in [1.54, 1.807) is 0 Å². The second-order valence-electron chi connectivity index (χ2n) is 6.13. The maximum atomic E-state index is 2.42. The monoisotopic (exact) mass is 296 g/mol. The Hall–Kier alpha value is -1.64. The van der Waals surface area contributed by atoms with Crippen molar-refractivity contribution >= 4 is 0 Å². The number of rotatable bonds is 7. The Labute approximate surface area is 135 Å². The van der Waals surface area contributed by atoms with E-state index in [1.165, 1.54) is 11.1 Å². The van der Waals surface area contributed by atoms with Gasteiger partial charge < -0.3 is 0 Å². The van der Waals surface area contributed by atoms with Crippen molar-refractivity contribution in [3.05, 3.63) is 71.8 Å². The summed E-state index contributed by atoms with van der Waals surface area (Å²) in [5, 5.41) is 0. The van der Waals surface area contributed by atoms with Gasteiger partial charge in [0.1, 0.15) is 0 Å². The van der Waals surface area contributed by atoms with Crippen LogP contribution in [-0.2, 0) is 0 Å². The maximum absolute atomic E-state index is 2.42. The molecule has 0 aliphatic carbocycles. The molecular formula is C20H28N2. The smallest absolute Gasteiger partial charge is 0.0317 e. The molecule has 0 aromatic heterocycles. The van der Waals surface area contributed by atoms with Crippen LogP contribution in [0, 0.1) is 0 Å². The first-order valence-corrected chi connectivity index (χ1v) is 8.10. The molecule has 0 heterocycles. The van der Waals surface area contributed by atoms with Crippen molar-refractivity contribution in [1.29, 1.82) is 0 Å². The van der Waals surface area contributed by atoms with E-state index in [1.807, 2.05) is 0 Å². The van der Waals surface area contributed by atoms with Crippen LogP contribution >= 0.6 is 0 Å². The van der Waals surface area contributed by atoms with Crippen LogP contribution in [0.1, 0.15) is 37.1 Å². The highest BCUT2D eigenvalue weighted by molar-refractivity contribution is 5.19. The van der Waals surface area contributed by atoms with Gasteiger partial charge in [-0.3, -0.25) is 9.80 Å². The van der Waals surface area contributed by atoms with Gasteiger partial charge in [-0.15, -0.1) is 0 Å². The SMILES string of the molecule is C[C@H](c1ccccc1)N(C)CCN(C)[C@H](C)c1ccccc1. The van der Waals surface area contributed by atoms with E-state index >= 15 is 0 Å². The Kier molecular flexibility index (Phi) is 6.17. The summed E-state index contributed by atoms with van der Waals surface area (Å²) in [6, 6.07) is 22.3. The Balaban J connectivity index is 1.86. The van der Waals surface area contributed by atoms with E-state index in [9.17, 15) is 0 Å². The summed E-state index contributed by atoms with van der Waals surface area (Å²) in [6.45, 7) is 6.67. The van der Waals surface area contributed by atoms with Crippen LogP contribution in [-0.4, -0.2) is 37.0 Å². The molecule has 2 atom stereocenters. The third-order valence-electron chi connectivity index (χ3n) is 4.69. The molecular weight excluding hydrogens is 268 g/mol. The van der Waals surface area contributed by atoms with Gasteiger partial charge in [0.15, 0.2) is 0 Å². The first-order chi connectivity index (χ1) is 10.6. The van der Waals surface area contributed by atoms with Gasteiger partial charge in [0.2, 0.25) is 0 Å². The predicted molar refractivity (Wildman–Crippen MR) is 95.0 cm³/mol. The van der Waals surface area contributed by atoms with Crippen molar-refractivity contribution in [3.8, 4) is 0 Å². The van der Waals surface area contributed by atoms with Crippen molar-refractivity contribution < 1.29 is 0 Å². The summed E-state index contributed by atoms with van der Waals surface area (Å²) < 4.78 is 0. The average molecular weight is 296 g/mol. The van der Waals surface area contributed by atoms with Crippen LogP contribution in [0.15, 0.2) is 60.7 Å². The molecule has 2 aromatic carbocycles. The number of nitrogens with zero attached hydrogens (tertiary/aromatic N) is 2. The van der Waals surface area contributed by atoms with Crippen LogP contribution in [0.3, 0.4) is 0 Å². The van der Waals surface area contributed by atoms with Gasteiger partial charge >= 0.3 is 0 Å². The molecule has 0 spiro atoms. The van der Waals surface area contributed by atoms with E-state index in [2.05, 4.69) is 98.4 Å². The Morgan fingerprint density at radius 3 is 1.27 bits per heavy atom. The molecule has 2 rings (SSSR count). The quantitative estimate of drug-likeness (QED) is 0.748. The van der Waals surface area contributed by atoms with Crippen molar-refractivity contribution in [2.45, 2.75) is 25.9 Å². The third-order valence-corrected chi connectivity index (χ3v) is 4.69. The Bertz CT molecular complexity index is 487.